The van der Waals surface area contributed by atoms with E-state index in [0.717, 1.165) is 24.6 Å². The van der Waals surface area contributed by atoms with Gasteiger partial charge in [0.25, 0.3) is 0 Å². The highest BCUT2D eigenvalue weighted by Crippen LogP contribution is 2.10. The molecule has 0 saturated carbocycles. The van der Waals surface area contributed by atoms with Crippen LogP contribution in [0.2, 0.25) is 0 Å². The summed E-state index contributed by atoms with van der Waals surface area (Å²) in [5.74, 6) is 6.01. The molecular weight excluding hydrogens is 248 g/mol. The van der Waals surface area contributed by atoms with Gasteiger partial charge in [-0.3, -0.25) is 0 Å². The summed E-state index contributed by atoms with van der Waals surface area (Å²) in [6, 6.07) is 0. The standard InChI is InChI=1S/C14H21Br/c1-4-5-6-8-13(2)9-7-10-14(3)11-12-15/h9,11H,6-8,10,12H2,1-3H3/b13-9?,14-11+. The second-order valence-corrected chi connectivity index (χ2v) is 4.37. The molecule has 15 heavy (non-hydrogen) atoms. The molecule has 0 N–H and O–H groups in total. The highest BCUT2D eigenvalue weighted by molar-refractivity contribution is 9.09. The third-order valence-electron chi connectivity index (χ3n) is 2.28. The van der Waals surface area contributed by atoms with Crippen molar-refractivity contribution in [1.29, 1.82) is 0 Å². The molecule has 0 fully saturated rings. The molecule has 0 saturated heterocycles. The summed E-state index contributed by atoms with van der Waals surface area (Å²) < 4.78 is 0. The van der Waals surface area contributed by atoms with Gasteiger partial charge in [0, 0.05) is 11.8 Å². The quantitative estimate of drug-likeness (QED) is 0.367. The molecule has 0 aliphatic carbocycles. The summed E-state index contributed by atoms with van der Waals surface area (Å²) in [7, 11) is 0. The number of halogens is 1. The SMILES string of the molecule is CC#CCCC(C)=CCC/C(C)=C/CBr. The highest BCUT2D eigenvalue weighted by atomic mass is 79.9. The predicted octanol–water partition coefficient (Wildman–Crippen LogP) is 4.86. The van der Waals surface area contributed by atoms with Crippen LogP contribution >= 0.6 is 15.9 Å². The lowest BCUT2D eigenvalue weighted by Crippen LogP contribution is -1.80. The van der Waals surface area contributed by atoms with Crippen LogP contribution in [0.5, 0.6) is 0 Å². The monoisotopic (exact) mass is 268 g/mol. The first kappa shape index (κ1) is 14.5. The van der Waals surface area contributed by atoms with Gasteiger partial charge in [-0.2, -0.15) is 0 Å². The van der Waals surface area contributed by atoms with E-state index in [9.17, 15) is 0 Å². The molecule has 84 valence electrons. The van der Waals surface area contributed by atoms with Crippen LogP contribution in [0, 0.1) is 11.8 Å². The van der Waals surface area contributed by atoms with Crippen LogP contribution in [0.25, 0.3) is 0 Å². The van der Waals surface area contributed by atoms with Crippen molar-refractivity contribution >= 4 is 15.9 Å². The van der Waals surface area contributed by atoms with E-state index in [-0.39, 0.29) is 0 Å². The first-order valence-corrected chi connectivity index (χ1v) is 6.59. The van der Waals surface area contributed by atoms with Gasteiger partial charge in [-0.1, -0.05) is 39.2 Å². The first-order chi connectivity index (χ1) is 7.20. The average Bonchev–Trinajstić information content (AvgIpc) is 2.18. The summed E-state index contributed by atoms with van der Waals surface area (Å²) in [4.78, 5) is 0. The lowest BCUT2D eigenvalue weighted by atomic mass is 10.1. The van der Waals surface area contributed by atoms with E-state index in [2.05, 4.69) is 53.8 Å². The number of hydrogen-bond donors (Lipinski definition) is 0. The summed E-state index contributed by atoms with van der Waals surface area (Å²) in [6.07, 6.45) is 8.99. The largest absolute Gasteiger partial charge is 0.107 e. The zero-order valence-corrected chi connectivity index (χ0v) is 11.7. The zero-order valence-electron chi connectivity index (χ0n) is 10.1. The fraction of sp³-hybridized carbons (Fsp3) is 0.571. The Bertz CT molecular complexity index is 273. The van der Waals surface area contributed by atoms with Crippen molar-refractivity contribution < 1.29 is 0 Å². The van der Waals surface area contributed by atoms with Crippen molar-refractivity contribution in [3.8, 4) is 11.8 Å². The Morgan fingerprint density at radius 3 is 2.40 bits per heavy atom. The topological polar surface area (TPSA) is 0 Å². The summed E-state index contributed by atoms with van der Waals surface area (Å²) in [5, 5.41) is 0.966. The van der Waals surface area contributed by atoms with E-state index in [1.807, 2.05) is 6.92 Å². The van der Waals surface area contributed by atoms with E-state index < -0.39 is 0 Å². The molecule has 0 aliphatic rings. The molecular formula is C14H21Br. The Labute approximate surface area is 103 Å². The maximum absolute atomic E-state index is 3.41. The lowest BCUT2D eigenvalue weighted by Gasteiger charge is -1.99. The molecule has 0 bridgehead atoms. The van der Waals surface area contributed by atoms with Gasteiger partial charge in [0.1, 0.15) is 0 Å². The van der Waals surface area contributed by atoms with Crippen LogP contribution in [-0.4, -0.2) is 5.33 Å². The van der Waals surface area contributed by atoms with E-state index in [1.165, 1.54) is 17.6 Å². The maximum atomic E-state index is 3.41. The Hall–Kier alpha value is -0.480. The van der Waals surface area contributed by atoms with Crippen LogP contribution in [0.4, 0.5) is 0 Å². The van der Waals surface area contributed by atoms with Gasteiger partial charge in [-0.15, -0.1) is 11.8 Å². The van der Waals surface area contributed by atoms with E-state index in [0.29, 0.717) is 0 Å². The zero-order chi connectivity index (χ0) is 11.5. The third-order valence-corrected chi connectivity index (χ3v) is 2.60. The minimum Gasteiger partial charge on any atom is -0.107 e. The lowest BCUT2D eigenvalue weighted by molar-refractivity contribution is 0.929. The number of hydrogen-bond acceptors (Lipinski definition) is 0. The van der Waals surface area contributed by atoms with Gasteiger partial charge >= 0.3 is 0 Å². The number of alkyl halides is 1. The fourth-order valence-electron chi connectivity index (χ4n) is 1.27. The summed E-state index contributed by atoms with van der Waals surface area (Å²) >= 11 is 3.41. The van der Waals surface area contributed by atoms with E-state index in [1.54, 1.807) is 0 Å². The molecule has 0 aromatic rings. The van der Waals surface area contributed by atoms with Crippen molar-refractivity contribution in [2.45, 2.75) is 46.5 Å². The second-order valence-electron chi connectivity index (χ2n) is 3.72. The van der Waals surface area contributed by atoms with Crippen LogP contribution < -0.4 is 0 Å². The van der Waals surface area contributed by atoms with Gasteiger partial charge < -0.3 is 0 Å². The molecule has 0 unspecified atom stereocenters. The van der Waals surface area contributed by atoms with Crippen molar-refractivity contribution in [3.05, 3.63) is 23.3 Å². The Kier molecular flexibility index (Phi) is 9.73. The van der Waals surface area contributed by atoms with Crippen molar-refractivity contribution in [2.75, 3.05) is 5.33 Å². The van der Waals surface area contributed by atoms with Gasteiger partial charge in [0.15, 0.2) is 0 Å². The van der Waals surface area contributed by atoms with Crippen LogP contribution in [0.1, 0.15) is 46.5 Å². The van der Waals surface area contributed by atoms with Crippen LogP contribution in [0.3, 0.4) is 0 Å². The second kappa shape index (κ2) is 10.1. The van der Waals surface area contributed by atoms with Crippen LogP contribution in [0.15, 0.2) is 23.3 Å². The Balaban J connectivity index is 3.74. The van der Waals surface area contributed by atoms with Crippen molar-refractivity contribution in [3.63, 3.8) is 0 Å². The summed E-state index contributed by atoms with van der Waals surface area (Å²) in [5.41, 5.74) is 2.92. The molecule has 0 spiro atoms. The number of allylic oxidation sites excluding steroid dienone is 4. The Morgan fingerprint density at radius 1 is 1.13 bits per heavy atom. The Morgan fingerprint density at radius 2 is 1.80 bits per heavy atom. The molecule has 0 rings (SSSR count). The molecule has 0 radical (unpaired) electrons. The van der Waals surface area contributed by atoms with E-state index >= 15 is 0 Å². The predicted molar refractivity (Wildman–Crippen MR) is 73.2 cm³/mol. The molecule has 1 heteroatoms. The molecule has 0 aromatic carbocycles. The molecule has 0 amide bonds. The molecule has 0 nitrogen and oxygen atoms in total. The average molecular weight is 269 g/mol. The minimum absolute atomic E-state index is 0.966. The van der Waals surface area contributed by atoms with Gasteiger partial charge in [-0.05, 0) is 40.0 Å². The maximum Gasteiger partial charge on any atom is 0.0214 e. The van der Waals surface area contributed by atoms with Gasteiger partial charge in [-0.25, -0.2) is 0 Å². The van der Waals surface area contributed by atoms with Gasteiger partial charge in [0.2, 0.25) is 0 Å². The normalized spacial score (nSPS) is 12.3. The van der Waals surface area contributed by atoms with Gasteiger partial charge in [0.05, 0.1) is 0 Å². The molecule has 0 heterocycles. The van der Waals surface area contributed by atoms with Crippen molar-refractivity contribution in [2.24, 2.45) is 0 Å². The summed E-state index contributed by atoms with van der Waals surface area (Å²) in [6.45, 7) is 6.28. The first-order valence-electron chi connectivity index (χ1n) is 5.47. The minimum atomic E-state index is 0.966. The third kappa shape index (κ3) is 9.82. The fourth-order valence-corrected chi connectivity index (χ4v) is 1.82. The van der Waals surface area contributed by atoms with Crippen LogP contribution in [-0.2, 0) is 0 Å². The smallest absolute Gasteiger partial charge is 0.0214 e. The number of rotatable bonds is 6. The molecule has 0 atom stereocenters. The van der Waals surface area contributed by atoms with E-state index in [4.69, 9.17) is 0 Å². The van der Waals surface area contributed by atoms with Crippen molar-refractivity contribution in [1.82, 2.24) is 0 Å². The molecule has 0 aromatic heterocycles. The highest BCUT2D eigenvalue weighted by Gasteiger charge is 1.90. The molecule has 0 aliphatic heterocycles.